The molecule has 2 nitrogen and oxygen atoms in total. The van der Waals surface area contributed by atoms with Crippen molar-refractivity contribution in [3.8, 4) is 5.75 Å². The predicted molar refractivity (Wildman–Crippen MR) is 57.7 cm³/mol. The highest BCUT2D eigenvalue weighted by Gasteiger charge is 2.38. The maximum Gasteiger partial charge on any atom is 0.210 e. The van der Waals surface area contributed by atoms with Crippen molar-refractivity contribution < 1.29 is 9.47 Å². The van der Waals surface area contributed by atoms with E-state index in [0.717, 1.165) is 18.6 Å². The Bertz CT molecular complexity index is 353. The van der Waals surface area contributed by atoms with Crippen LogP contribution in [0.25, 0.3) is 0 Å². The van der Waals surface area contributed by atoms with Gasteiger partial charge in [0.2, 0.25) is 5.79 Å². The second kappa shape index (κ2) is 3.53. The smallest absolute Gasteiger partial charge is 0.210 e. The molecule has 1 heterocycles. The number of benzene rings is 1. The zero-order chi connectivity index (χ0) is 10.1. The van der Waals surface area contributed by atoms with Crippen LogP contribution in [0.1, 0.15) is 37.7 Å². The minimum Gasteiger partial charge on any atom is -0.462 e. The molecule has 1 aromatic carbocycles. The van der Waals surface area contributed by atoms with Gasteiger partial charge in [-0.05, 0) is 18.9 Å². The van der Waals surface area contributed by atoms with Gasteiger partial charge < -0.3 is 9.47 Å². The number of hydrogen-bond donors (Lipinski definition) is 0. The van der Waals surface area contributed by atoms with Crippen molar-refractivity contribution in [1.29, 1.82) is 0 Å². The summed E-state index contributed by atoms with van der Waals surface area (Å²) >= 11 is 0. The average Bonchev–Trinajstić information content (AvgIpc) is 2.30. The van der Waals surface area contributed by atoms with E-state index in [2.05, 4.69) is 6.07 Å². The minimum absolute atomic E-state index is 0.299. The molecular formula is C13H16O2. The molecule has 0 saturated heterocycles. The van der Waals surface area contributed by atoms with E-state index in [1.54, 1.807) is 0 Å². The zero-order valence-corrected chi connectivity index (χ0v) is 8.87. The van der Waals surface area contributed by atoms with Gasteiger partial charge in [-0.25, -0.2) is 0 Å². The first-order valence-corrected chi connectivity index (χ1v) is 5.79. The third-order valence-corrected chi connectivity index (χ3v) is 3.37. The average molecular weight is 204 g/mol. The summed E-state index contributed by atoms with van der Waals surface area (Å²) in [7, 11) is 0. The van der Waals surface area contributed by atoms with Gasteiger partial charge in [-0.3, -0.25) is 0 Å². The molecule has 1 aliphatic carbocycles. The lowest BCUT2D eigenvalue weighted by Gasteiger charge is -2.40. The molecule has 0 unspecified atom stereocenters. The molecule has 0 bridgehead atoms. The second-order valence-corrected chi connectivity index (χ2v) is 4.47. The topological polar surface area (TPSA) is 18.5 Å². The van der Waals surface area contributed by atoms with Gasteiger partial charge in [0, 0.05) is 18.4 Å². The molecule has 0 atom stereocenters. The largest absolute Gasteiger partial charge is 0.462 e. The van der Waals surface area contributed by atoms with Crippen LogP contribution in [-0.2, 0) is 11.3 Å². The van der Waals surface area contributed by atoms with Crippen LogP contribution in [0.2, 0.25) is 0 Å². The molecule has 1 saturated carbocycles. The van der Waals surface area contributed by atoms with Crippen molar-refractivity contribution in [1.82, 2.24) is 0 Å². The highest BCUT2D eigenvalue weighted by atomic mass is 16.7. The molecule has 1 fully saturated rings. The highest BCUT2D eigenvalue weighted by molar-refractivity contribution is 5.34. The van der Waals surface area contributed by atoms with Crippen molar-refractivity contribution in [2.24, 2.45) is 0 Å². The van der Waals surface area contributed by atoms with Crippen LogP contribution in [0.3, 0.4) is 0 Å². The van der Waals surface area contributed by atoms with E-state index < -0.39 is 0 Å². The molecule has 1 aromatic rings. The molecule has 3 rings (SSSR count). The van der Waals surface area contributed by atoms with Crippen LogP contribution in [-0.4, -0.2) is 5.79 Å². The maximum absolute atomic E-state index is 6.04. The number of rotatable bonds is 0. The fourth-order valence-electron chi connectivity index (χ4n) is 2.50. The standard InChI is InChI=1S/C13H16O2/c1-4-8-13(9-5-1)14-10-11-6-2-3-7-12(11)15-13/h2-3,6-7H,1,4-5,8-10H2. The first-order valence-electron chi connectivity index (χ1n) is 5.79. The van der Waals surface area contributed by atoms with E-state index in [9.17, 15) is 0 Å². The summed E-state index contributed by atoms with van der Waals surface area (Å²) in [5.41, 5.74) is 1.17. The normalized spacial score (nSPS) is 23.2. The molecule has 0 radical (unpaired) electrons. The predicted octanol–water partition coefficient (Wildman–Crippen LogP) is 3.26. The summed E-state index contributed by atoms with van der Waals surface area (Å²) in [4.78, 5) is 0. The lowest BCUT2D eigenvalue weighted by atomic mass is 9.93. The van der Waals surface area contributed by atoms with E-state index in [1.165, 1.54) is 24.8 Å². The van der Waals surface area contributed by atoms with Crippen molar-refractivity contribution in [3.63, 3.8) is 0 Å². The van der Waals surface area contributed by atoms with Crippen LogP contribution < -0.4 is 4.74 Å². The van der Waals surface area contributed by atoms with Crippen LogP contribution in [0, 0.1) is 0 Å². The van der Waals surface area contributed by atoms with Gasteiger partial charge in [-0.15, -0.1) is 0 Å². The zero-order valence-electron chi connectivity index (χ0n) is 8.87. The van der Waals surface area contributed by atoms with E-state index >= 15 is 0 Å². The highest BCUT2D eigenvalue weighted by Crippen LogP contribution is 2.39. The van der Waals surface area contributed by atoms with Crippen molar-refractivity contribution in [2.45, 2.75) is 44.5 Å². The summed E-state index contributed by atoms with van der Waals surface area (Å²) in [5, 5.41) is 0. The Labute approximate surface area is 90.2 Å². The molecule has 2 aliphatic rings. The molecule has 0 N–H and O–H groups in total. The lowest BCUT2D eigenvalue weighted by Crippen LogP contribution is -2.43. The molecule has 0 aromatic heterocycles. The van der Waals surface area contributed by atoms with Crippen LogP contribution in [0.4, 0.5) is 0 Å². The Balaban J connectivity index is 1.87. The fraction of sp³-hybridized carbons (Fsp3) is 0.538. The summed E-state index contributed by atoms with van der Waals surface area (Å²) in [6.07, 6.45) is 5.85. The van der Waals surface area contributed by atoms with Gasteiger partial charge in [-0.1, -0.05) is 24.6 Å². The van der Waals surface area contributed by atoms with Gasteiger partial charge in [0.25, 0.3) is 0 Å². The maximum atomic E-state index is 6.04. The first-order chi connectivity index (χ1) is 7.38. The number of ether oxygens (including phenoxy) is 2. The lowest BCUT2D eigenvalue weighted by molar-refractivity contribution is -0.222. The Morgan fingerprint density at radius 2 is 1.80 bits per heavy atom. The van der Waals surface area contributed by atoms with E-state index in [0.29, 0.717) is 6.61 Å². The van der Waals surface area contributed by atoms with Gasteiger partial charge in [0.05, 0.1) is 6.61 Å². The summed E-state index contributed by atoms with van der Waals surface area (Å²) in [6.45, 7) is 0.705. The van der Waals surface area contributed by atoms with Crippen molar-refractivity contribution in [3.05, 3.63) is 29.8 Å². The fourth-order valence-corrected chi connectivity index (χ4v) is 2.50. The van der Waals surface area contributed by atoms with Crippen LogP contribution in [0.15, 0.2) is 24.3 Å². The molecule has 1 aliphatic heterocycles. The Morgan fingerprint density at radius 1 is 1.00 bits per heavy atom. The quantitative estimate of drug-likeness (QED) is 0.645. The third kappa shape index (κ3) is 1.63. The molecule has 2 heteroatoms. The number of hydrogen-bond acceptors (Lipinski definition) is 2. The van der Waals surface area contributed by atoms with Crippen LogP contribution in [0.5, 0.6) is 5.75 Å². The Morgan fingerprint density at radius 3 is 2.67 bits per heavy atom. The van der Waals surface area contributed by atoms with Gasteiger partial charge in [0.1, 0.15) is 5.75 Å². The van der Waals surface area contributed by atoms with Gasteiger partial charge >= 0.3 is 0 Å². The first kappa shape index (κ1) is 9.22. The molecular weight excluding hydrogens is 188 g/mol. The second-order valence-electron chi connectivity index (χ2n) is 4.47. The minimum atomic E-state index is -0.299. The van der Waals surface area contributed by atoms with E-state index in [4.69, 9.17) is 9.47 Å². The Hall–Kier alpha value is -1.02. The molecule has 1 spiro atoms. The van der Waals surface area contributed by atoms with Crippen molar-refractivity contribution in [2.75, 3.05) is 0 Å². The molecule has 0 amide bonds. The summed E-state index contributed by atoms with van der Waals surface area (Å²) < 4.78 is 11.9. The molecule has 15 heavy (non-hydrogen) atoms. The Kier molecular flexibility index (Phi) is 2.17. The summed E-state index contributed by atoms with van der Waals surface area (Å²) in [6, 6.07) is 8.18. The SMILES string of the molecule is c1ccc2c(c1)COC1(CCCCC1)O2. The number of para-hydroxylation sites is 1. The van der Waals surface area contributed by atoms with Crippen LogP contribution >= 0.6 is 0 Å². The number of fused-ring (bicyclic) bond motifs is 1. The molecule has 80 valence electrons. The van der Waals surface area contributed by atoms with Crippen molar-refractivity contribution >= 4 is 0 Å². The summed E-state index contributed by atoms with van der Waals surface area (Å²) in [5.74, 6) is 0.720. The van der Waals surface area contributed by atoms with E-state index in [-0.39, 0.29) is 5.79 Å². The van der Waals surface area contributed by atoms with E-state index in [1.807, 2.05) is 18.2 Å². The monoisotopic (exact) mass is 204 g/mol. The van der Waals surface area contributed by atoms with Gasteiger partial charge in [-0.2, -0.15) is 0 Å². The third-order valence-electron chi connectivity index (χ3n) is 3.37. The van der Waals surface area contributed by atoms with Gasteiger partial charge in [0.15, 0.2) is 0 Å².